The molecule has 0 spiro atoms. The van der Waals surface area contributed by atoms with Gasteiger partial charge in [0.15, 0.2) is 0 Å². The van der Waals surface area contributed by atoms with Crippen molar-refractivity contribution in [3.63, 3.8) is 0 Å². The first-order valence-corrected chi connectivity index (χ1v) is 11.2. The molecule has 0 bridgehead atoms. The van der Waals surface area contributed by atoms with Gasteiger partial charge in [-0.15, -0.1) is 0 Å². The number of ether oxygens (including phenoxy) is 2. The smallest absolute Gasteiger partial charge is 0.295 e. The maximum atomic E-state index is 13.1. The number of hydrogen-bond acceptors (Lipinski definition) is 6. The monoisotopic (exact) mass is 452 g/mol. The lowest BCUT2D eigenvalue weighted by atomic mass is 9.95. The van der Waals surface area contributed by atoms with Crippen LogP contribution < -0.4 is 9.47 Å². The van der Waals surface area contributed by atoms with Crippen LogP contribution in [-0.2, 0) is 9.59 Å². The van der Waals surface area contributed by atoms with Crippen LogP contribution in [0.1, 0.15) is 36.9 Å². The molecule has 1 amide bonds. The Balaban J connectivity index is 2.01. The van der Waals surface area contributed by atoms with Crippen molar-refractivity contribution < 1.29 is 24.2 Å². The number of methoxy groups -OCH3 is 1. The van der Waals surface area contributed by atoms with Crippen LogP contribution in [0.25, 0.3) is 5.76 Å². The lowest BCUT2D eigenvalue weighted by Crippen LogP contribution is -2.32. The molecule has 1 saturated heterocycles. The number of likely N-dealkylation sites (tertiary alicyclic amines) is 1. The fourth-order valence-electron chi connectivity index (χ4n) is 3.89. The molecule has 0 saturated carbocycles. The molecule has 176 valence electrons. The fourth-order valence-corrected chi connectivity index (χ4v) is 3.89. The highest BCUT2D eigenvalue weighted by Gasteiger charge is 2.45. The number of rotatable bonds is 10. The second kappa shape index (κ2) is 11.0. The van der Waals surface area contributed by atoms with Crippen molar-refractivity contribution in [1.29, 1.82) is 0 Å². The van der Waals surface area contributed by atoms with Gasteiger partial charge in [0, 0.05) is 12.1 Å². The summed E-state index contributed by atoms with van der Waals surface area (Å²) in [6.45, 7) is 3.80. The van der Waals surface area contributed by atoms with E-state index in [9.17, 15) is 14.7 Å². The summed E-state index contributed by atoms with van der Waals surface area (Å²) < 4.78 is 10.9. The number of aliphatic hydroxyl groups excluding tert-OH is 1. The molecule has 1 atom stereocenters. The Morgan fingerprint density at radius 2 is 1.67 bits per heavy atom. The largest absolute Gasteiger partial charge is 0.507 e. The number of nitrogens with zero attached hydrogens (tertiary/aromatic N) is 2. The molecule has 0 aromatic heterocycles. The number of ketones is 1. The van der Waals surface area contributed by atoms with Crippen LogP contribution in [0.2, 0.25) is 0 Å². The fraction of sp³-hybridized carbons (Fsp3) is 0.385. The van der Waals surface area contributed by atoms with E-state index in [0.717, 1.165) is 18.5 Å². The Morgan fingerprint density at radius 3 is 2.24 bits per heavy atom. The molecule has 7 heteroatoms. The van der Waals surface area contributed by atoms with Crippen molar-refractivity contribution >= 4 is 17.4 Å². The Hall–Kier alpha value is -3.32. The summed E-state index contributed by atoms with van der Waals surface area (Å²) >= 11 is 0. The molecule has 0 aliphatic carbocycles. The molecule has 7 nitrogen and oxygen atoms in total. The van der Waals surface area contributed by atoms with Crippen LogP contribution in [0.5, 0.6) is 11.5 Å². The quantitative estimate of drug-likeness (QED) is 0.335. The first-order valence-electron chi connectivity index (χ1n) is 11.2. The van der Waals surface area contributed by atoms with Gasteiger partial charge in [-0.05, 0) is 75.4 Å². The van der Waals surface area contributed by atoms with Crippen LogP contribution in [0, 0.1) is 0 Å². The molecule has 0 unspecified atom stereocenters. The number of Topliss-reactive ketones (excluding diaryl/α,β-unsaturated/α-hetero) is 1. The highest BCUT2D eigenvalue weighted by Crippen LogP contribution is 2.40. The summed E-state index contributed by atoms with van der Waals surface area (Å²) in [6.07, 6.45) is 1.59. The molecule has 2 aromatic carbocycles. The zero-order valence-corrected chi connectivity index (χ0v) is 19.7. The van der Waals surface area contributed by atoms with Gasteiger partial charge >= 0.3 is 0 Å². The Labute approximate surface area is 195 Å². The van der Waals surface area contributed by atoms with Gasteiger partial charge in [-0.3, -0.25) is 9.59 Å². The topological polar surface area (TPSA) is 79.3 Å². The second-order valence-electron chi connectivity index (χ2n) is 8.30. The number of carbonyl (C=O) groups excluding carboxylic acids is 2. The van der Waals surface area contributed by atoms with Crippen LogP contribution in [0.3, 0.4) is 0 Å². The highest BCUT2D eigenvalue weighted by molar-refractivity contribution is 6.46. The molecule has 1 aliphatic rings. The number of benzene rings is 2. The minimum atomic E-state index is -0.676. The first-order chi connectivity index (χ1) is 15.9. The van der Waals surface area contributed by atoms with Gasteiger partial charge < -0.3 is 24.4 Å². The van der Waals surface area contributed by atoms with E-state index in [4.69, 9.17) is 9.47 Å². The summed E-state index contributed by atoms with van der Waals surface area (Å²) in [5.41, 5.74) is 1.30. The molecule has 1 fully saturated rings. The van der Waals surface area contributed by atoms with Crippen LogP contribution >= 0.6 is 0 Å². The van der Waals surface area contributed by atoms with Crippen molar-refractivity contribution in [3.8, 4) is 11.5 Å². The lowest BCUT2D eigenvalue weighted by Gasteiger charge is -2.26. The van der Waals surface area contributed by atoms with Crippen molar-refractivity contribution in [2.45, 2.75) is 25.8 Å². The van der Waals surface area contributed by atoms with E-state index in [1.54, 1.807) is 48.4 Å². The van der Waals surface area contributed by atoms with E-state index in [2.05, 4.69) is 0 Å². The maximum Gasteiger partial charge on any atom is 0.295 e. The van der Waals surface area contributed by atoms with E-state index in [1.165, 1.54) is 0 Å². The molecule has 1 aliphatic heterocycles. The van der Waals surface area contributed by atoms with Crippen LogP contribution in [0.15, 0.2) is 54.1 Å². The van der Waals surface area contributed by atoms with E-state index in [-0.39, 0.29) is 11.3 Å². The Kier molecular flexibility index (Phi) is 8.11. The molecule has 3 rings (SSSR count). The van der Waals surface area contributed by atoms with E-state index in [0.29, 0.717) is 36.6 Å². The number of aliphatic hydroxyl groups is 1. The van der Waals surface area contributed by atoms with E-state index in [1.807, 2.05) is 38.1 Å². The van der Waals surface area contributed by atoms with Gasteiger partial charge in [0.1, 0.15) is 17.3 Å². The predicted octanol–water partition coefficient (Wildman–Crippen LogP) is 3.86. The average Bonchev–Trinajstić information content (AvgIpc) is 3.07. The third-order valence-electron chi connectivity index (χ3n) is 5.58. The molecular formula is C26H32N2O5. The van der Waals surface area contributed by atoms with Crippen molar-refractivity contribution in [2.24, 2.45) is 0 Å². The van der Waals surface area contributed by atoms with Gasteiger partial charge in [-0.25, -0.2) is 0 Å². The zero-order chi connectivity index (χ0) is 24.0. The number of hydrogen-bond donors (Lipinski definition) is 1. The number of carbonyl (C=O) groups is 2. The summed E-state index contributed by atoms with van der Waals surface area (Å²) in [4.78, 5) is 29.6. The normalized spacial score (nSPS) is 17.6. The summed E-state index contributed by atoms with van der Waals surface area (Å²) in [5.74, 6) is -0.106. The highest BCUT2D eigenvalue weighted by atomic mass is 16.5. The number of amides is 1. The van der Waals surface area contributed by atoms with Crippen molar-refractivity contribution in [1.82, 2.24) is 9.80 Å². The molecule has 0 radical (unpaired) electrons. The van der Waals surface area contributed by atoms with Gasteiger partial charge in [-0.2, -0.15) is 0 Å². The van der Waals surface area contributed by atoms with Gasteiger partial charge in [0.05, 0.1) is 25.3 Å². The maximum absolute atomic E-state index is 13.1. The SMILES string of the molecule is CCCOc1ccc(C(O)=C2C(=O)C(=O)N(CCCN(C)C)[C@@H]2c2ccc(OC)cc2)cc1. The minimum Gasteiger partial charge on any atom is -0.507 e. The van der Waals surface area contributed by atoms with Gasteiger partial charge in [0.25, 0.3) is 11.7 Å². The van der Waals surface area contributed by atoms with Crippen molar-refractivity contribution in [3.05, 3.63) is 65.2 Å². The van der Waals surface area contributed by atoms with Crippen LogP contribution in [0.4, 0.5) is 0 Å². The lowest BCUT2D eigenvalue weighted by molar-refractivity contribution is -0.139. The van der Waals surface area contributed by atoms with E-state index >= 15 is 0 Å². The van der Waals surface area contributed by atoms with Gasteiger partial charge in [0.2, 0.25) is 0 Å². The third-order valence-corrected chi connectivity index (χ3v) is 5.58. The van der Waals surface area contributed by atoms with Gasteiger partial charge in [-0.1, -0.05) is 19.1 Å². The summed E-state index contributed by atoms with van der Waals surface area (Å²) in [6, 6.07) is 13.4. The molecular weight excluding hydrogens is 420 g/mol. The Bertz CT molecular complexity index is 996. The average molecular weight is 453 g/mol. The zero-order valence-electron chi connectivity index (χ0n) is 19.7. The standard InChI is InChI=1S/C26H32N2O5/c1-5-17-33-21-13-9-19(10-14-21)24(29)22-23(18-7-11-20(32-4)12-8-18)28(26(31)25(22)30)16-6-15-27(2)3/h7-14,23,29H,5-6,15-17H2,1-4H3/t23-/m1/s1. The second-order valence-corrected chi connectivity index (χ2v) is 8.30. The molecule has 33 heavy (non-hydrogen) atoms. The summed E-state index contributed by atoms with van der Waals surface area (Å²) in [7, 11) is 5.50. The summed E-state index contributed by atoms with van der Waals surface area (Å²) in [5, 5.41) is 11.1. The van der Waals surface area contributed by atoms with Crippen LogP contribution in [-0.4, -0.2) is 67.5 Å². The third kappa shape index (κ3) is 5.54. The minimum absolute atomic E-state index is 0.0947. The molecule has 1 N–H and O–H groups in total. The van der Waals surface area contributed by atoms with Crippen molar-refractivity contribution in [2.75, 3.05) is 40.9 Å². The molecule has 1 heterocycles. The predicted molar refractivity (Wildman–Crippen MR) is 127 cm³/mol. The Morgan fingerprint density at radius 1 is 1.03 bits per heavy atom. The molecule has 2 aromatic rings. The first kappa shape index (κ1) is 24.3. The van der Waals surface area contributed by atoms with E-state index < -0.39 is 17.7 Å².